The van der Waals surface area contributed by atoms with Gasteiger partial charge in [0.15, 0.2) is 5.13 Å². The monoisotopic (exact) mass is 285 g/mol. The second-order valence-electron chi connectivity index (χ2n) is 4.20. The van der Waals surface area contributed by atoms with E-state index in [2.05, 4.69) is 4.98 Å². The molecular formula is C11H15N3O4S. The van der Waals surface area contributed by atoms with Gasteiger partial charge in [-0.15, -0.1) is 0 Å². The van der Waals surface area contributed by atoms with Crippen LogP contribution in [0.4, 0.5) is 10.1 Å². The van der Waals surface area contributed by atoms with E-state index >= 15 is 0 Å². The zero-order valence-corrected chi connectivity index (χ0v) is 11.4. The molecule has 0 bridgehead atoms. The summed E-state index contributed by atoms with van der Waals surface area (Å²) in [7, 11) is 0. The molecule has 104 valence electrons. The van der Waals surface area contributed by atoms with E-state index in [1.807, 2.05) is 4.90 Å². The van der Waals surface area contributed by atoms with Crippen LogP contribution < -0.4 is 4.90 Å². The summed E-state index contributed by atoms with van der Waals surface area (Å²) < 4.78 is 5.05. The Morgan fingerprint density at radius 3 is 3.11 bits per heavy atom. The zero-order valence-electron chi connectivity index (χ0n) is 10.6. The SMILES string of the molecule is CCOC(=O)C1CCCCN1c1ncc([N+](=O)[O-])s1. The van der Waals surface area contributed by atoms with Gasteiger partial charge in [0.25, 0.3) is 0 Å². The number of ether oxygens (including phenoxy) is 1. The van der Waals surface area contributed by atoms with Crippen LogP contribution in [0.3, 0.4) is 0 Å². The lowest BCUT2D eigenvalue weighted by Gasteiger charge is -2.33. The van der Waals surface area contributed by atoms with E-state index in [0.717, 1.165) is 24.2 Å². The average Bonchev–Trinajstić information content (AvgIpc) is 2.88. The molecule has 0 aromatic carbocycles. The number of rotatable bonds is 4. The first-order valence-electron chi connectivity index (χ1n) is 6.17. The largest absolute Gasteiger partial charge is 0.464 e. The number of carbonyl (C=O) groups is 1. The highest BCUT2D eigenvalue weighted by Crippen LogP contribution is 2.32. The van der Waals surface area contributed by atoms with Crippen molar-refractivity contribution < 1.29 is 14.5 Å². The molecule has 0 spiro atoms. The van der Waals surface area contributed by atoms with Crippen LogP contribution in [0.15, 0.2) is 6.20 Å². The van der Waals surface area contributed by atoms with Crippen molar-refractivity contribution in [2.24, 2.45) is 0 Å². The molecule has 2 heterocycles. The Balaban J connectivity index is 2.18. The van der Waals surface area contributed by atoms with Gasteiger partial charge in [0, 0.05) is 6.54 Å². The normalized spacial score (nSPS) is 19.2. The summed E-state index contributed by atoms with van der Waals surface area (Å²) in [4.78, 5) is 28.0. The summed E-state index contributed by atoms with van der Waals surface area (Å²) >= 11 is 0.995. The fourth-order valence-corrected chi connectivity index (χ4v) is 2.93. The van der Waals surface area contributed by atoms with Crippen molar-refractivity contribution in [3.63, 3.8) is 0 Å². The lowest BCUT2D eigenvalue weighted by Crippen LogP contribution is -2.45. The minimum Gasteiger partial charge on any atom is -0.464 e. The summed E-state index contributed by atoms with van der Waals surface area (Å²) in [6, 6.07) is -0.376. The van der Waals surface area contributed by atoms with Crippen molar-refractivity contribution in [2.45, 2.75) is 32.2 Å². The number of aromatic nitrogens is 1. The first kappa shape index (κ1) is 13.7. The van der Waals surface area contributed by atoms with Gasteiger partial charge in [0.05, 0.1) is 11.5 Å². The Labute approximate surface area is 114 Å². The van der Waals surface area contributed by atoms with Crippen LogP contribution in [0.5, 0.6) is 0 Å². The molecule has 1 saturated heterocycles. The van der Waals surface area contributed by atoms with Crippen LogP contribution >= 0.6 is 11.3 Å². The smallest absolute Gasteiger partial charge is 0.345 e. The van der Waals surface area contributed by atoms with Gasteiger partial charge in [0.2, 0.25) is 0 Å². The van der Waals surface area contributed by atoms with Gasteiger partial charge >= 0.3 is 11.0 Å². The van der Waals surface area contributed by atoms with Crippen LogP contribution in [0.1, 0.15) is 26.2 Å². The minimum atomic E-state index is -0.468. The molecule has 1 aromatic heterocycles. The van der Waals surface area contributed by atoms with Crippen LogP contribution in [-0.4, -0.2) is 35.1 Å². The van der Waals surface area contributed by atoms with E-state index in [0.29, 0.717) is 24.7 Å². The predicted octanol–water partition coefficient (Wildman–Crippen LogP) is 1.97. The van der Waals surface area contributed by atoms with Gasteiger partial charge in [-0.05, 0) is 37.5 Å². The first-order chi connectivity index (χ1) is 9.13. The molecular weight excluding hydrogens is 270 g/mol. The Kier molecular flexibility index (Phi) is 4.31. The van der Waals surface area contributed by atoms with Gasteiger partial charge in [-0.3, -0.25) is 10.1 Å². The van der Waals surface area contributed by atoms with E-state index in [4.69, 9.17) is 4.74 Å². The van der Waals surface area contributed by atoms with Gasteiger partial charge < -0.3 is 9.64 Å². The van der Waals surface area contributed by atoms with Crippen LogP contribution in [0.2, 0.25) is 0 Å². The molecule has 0 N–H and O–H groups in total. The van der Waals surface area contributed by atoms with Crippen molar-refractivity contribution in [2.75, 3.05) is 18.1 Å². The lowest BCUT2D eigenvalue weighted by molar-refractivity contribution is -0.380. The minimum absolute atomic E-state index is 0.0109. The van der Waals surface area contributed by atoms with Crippen LogP contribution in [-0.2, 0) is 9.53 Å². The Morgan fingerprint density at radius 1 is 1.68 bits per heavy atom. The molecule has 1 unspecified atom stereocenters. The molecule has 1 aromatic rings. The van der Waals surface area contributed by atoms with Crippen molar-refractivity contribution in [1.82, 2.24) is 4.98 Å². The van der Waals surface area contributed by atoms with Gasteiger partial charge in [-0.25, -0.2) is 9.78 Å². The quantitative estimate of drug-likeness (QED) is 0.477. The molecule has 2 rings (SSSR count). The number of nitrogens with zero attached hydrogens (tertiary/aromatic N) is 3. The maximum absolute atomic E-state index is 11.9. The molecule has 8 heteroatoms. The maximum atomic E-state index is 11.9. The maximum Gasteiger partial charge on any atom is 0.345 e. The first-order valence-corrected chi connectivity index (χ1v) is 6.98. The highest BCUT2D eigenvalue weighted by Gasteiger charge is 2.32. The molecule has 1 fully saturated rings. The van der Waals surface area contributed by atoms with Gasteiger partial charge in [-0.1, -0.05) is 0 Å². The summed E-state index contributed by atoms with van der Waals surface area (Å²) in [5, 5.41) is 11.2. The Hall–Kier alpha value is -1.70. The molecule has 1 aliphatic rings. The molecule has 0 radical (unpaired) electrons. The number of anilines is 1. The second kappa shape index (κ2) is 5.96. The van der Waals surface area contributed by atoms with E-state index < -0.39 is 4.92 Å². The van der Waals surface area contributed by atoms with Gasteiger partial charge in [-0.2, -0.15) is 0 Å². The van der Waals surface area contributed by atoms with Crippen LogP contribution in [0, 0.1) is 10.1 Å². The van der Waals surface area contributed by atoms with Crippen molar-refractivity contribution in [3.8, 4) is 0 Å². The fourth-order valence-electron chi connectivity index (χ4n) is 2.12. The second-order valence-corrected chi connectivity index (χ2v) is 5.18. The van der Waals surface area contributed by atoms with Crippen molar-refractivity contribution >= 4 is 27.4 Å². The average molecular weight is 285 g/mol. The van der Waals surface area contributed by atoms with E-state index in [9.17, 15) is 14.9 Å². The van der Waals surface area contributed by atoms with Gasteiger partial charge in [0.1, 0.15) is 12.2 Å². The molecule has 1 atom stereocenters. The number of esters is 1. The van der Waals surface area contributed by atoms with E-state index in [1.54, 1.807) is 6.92 Å². The number of hydrogen-bond acceptors (Lipinski definition) is 7. The molecule has 0 amide bonds. The summed E-state index contributed by atoms with van der Waals surface area (Å²) in [5.41, 5.74) is 0. The Morgan fingerprint density at radius 2 is 2.47 bits per heavy atom. The third-order valence-corrected chi connectivity index (χ3v) is 3.95. The number of hydrogen-bond donors (Lipinski definition) is 0. The number of nitro groups is 1. The van der Waals surface area contributed by atoms with Crippen molar-refractivity contribution in [3.05, 3.63) is 16.3 Å². The highest BCUT2D eigenvalue weighted by molar-refractivity contribution is 7.18. The van der Waals surface area contributed by atoms with E-state index in [1.165, 1.54) is 6.20 Å². The third-order valence-electron chi connectivity index (χ3n) is 2.97. The number of thiazole rings is 1. The lowest BCUT2D eigenvalue weighted by atomic mass is 10.0. The summed E-state index contributed by atoms with van der Waals surface area (Å²) in [6.07, 6.45) is 3.83. The Bertz CT molecular complexity index is 476. The number of piperidine rings is 1. The molecule has 19 heavy (non-hydrogen) atoms. The summed E-state index contributed by atoms with van der Waals surface area (Å²) in [5.74, 6) is -0.278. The van der Waals surface area contributed by atoms with E-state index in [-0.39, 0.29) is 17.0 Å². The third kappa shape index (κ3) is 3.01. The highest BCUT2D eigenvalue weighted by atomic mass is 32.1. The molecule has 1 aliphatic heterocycles. The zero-order chi connectivity index (χ0) is 13.8. The topological polar surface area (TPSA) is 85.6 Å². The number of carbonyl (C=O) groups excluding carboxylic acids is 1. The standard InChI is InChI=1S/C11H15N3O4S/c1-2-18-10(15)8-5-3-4-6-13(8)11-12-7-9(19-11)14(16)17/h7-8H,2-6H2,1H3. The molecule has 7 nitrogen and oxygen atoms in total. The predicted molar refractivity (Wildman–Crippen MR) is 70.4 cm³/mol. The summed E-state index contributed by atoms with van der Waals surface area (Å²) in [6.45, 7) is 2.77. The molecule has 0 aliphatic carbocycles. The van der Waals surface area contributed by atoms with Crippen LogP contribution in [0.25, 0.3) is 0 Å². The molecule has 0 saturated carbocycles. The van der Waals surface area contributed by atoms with Crippen molar-refractivity contribution in [1.29, 1.82) is 0 Å². The fraction of sp³-hybridized carbons (Fsp3) is 0.636.